The third-order valence-electron chi connectivity index (χ3n) is 5.65. The molecule has 1 saturated carbocycles. The fourth-order valence-electron chi connectivity index (χ4n) is 4.02. The van der Waals surface area contributed by atoms with Crippen LogP contribution in [0.4, 0.5) is 0 Å². The van der Waals surface area contributed by atoms with Crippen molar-refractivity contribution in [2.75, 3.05) is 6.54 Å². The van der Waals surface area contributed by atoms with Crippen LogP contribution >= 0.6 is 0 Å². The normalized spacial score (nSPS) is 25.0. The van der Waals surface area contributed by atoms with Gasteiger partial charge < -0.3 is 21.4 Å². The van der Waals surface area contributed by atoms with Crippen LogP contribution in [0.1, 0.15) is 52.7 Å². The second-order valence-corrected chi connectivity index (χ2v) is 8.44. The Balaban J connectivity index is 1.98. The number of carbonyl (C=O) groups excluding carboxylic acids is 2. The van der Waals surface area contributed by atoms with Gasteiger partial charge in [-0.3, -0.25) is 9.59 Å². The summed E-state index contributed by atoms with van der Waals surface area (Å²) < 4.78 is 0. The van der Waals surface area contributed by atoms with Gasteiger partial charge >= 0.3 is 0 Å². The average molecular weight is 378 g/mol. The van der Waals surface area contributed by atoms with E-state index in [0.717, 1.165) is 18.5 Å². The number of aromatic amines is 1. The van der Waals surface area contributed by atoms with Crippen LogP contribution in [0.2, 0.25) is 0 Å². The van der Waals surface area contributed by atoms with Gasteiger partial charge in [-0.2, -0.15) is 0 Å². The highest BCUT2D eigenvalue weighted by atomic mass is 16.2. The van der Waals surface area contributed by atoms with Gasteiger partial charge in [-0.15, -0.1) is 0 Å². The molecule has 1 aliphatic carbocycles. The molecule has 0 saturated heterocycles. The van der Waals surface area contributed by atoms with Crippen LogP contribution in [0, 0.1) is 23.7 Å². The molecule has 5 atom stereocenters. The number of rotatable bonds is 8. The molecule has 7 nitrogen and oxygen atoms in total. The molecule has 2 unspecified atom stereocenters. The van der Waals surface area contributed by atoms with Crippen molar-refractivity contribution in [1.82, 2.24) is 20.6 Å². The van der Waals surface area contributed by atoms with Crippen LogP contribution in [0.15, 0.2) is 12.5 Å². The molecule has 27 heavy (non-hydrogen) atoms. The number of H-pyrrole nitrogens is 1. The SMILES string of the molecule is CC(N)C(=O)NC(CNC(=O)[C@@H]1C[C@H](C)CC[C@H]1C(C)C)Cc1c[nH]cn1. The predicted octanol–water partition coefficient (Wildman–Crippen LogP) is 1.61. The monoisotopic (exact) mass is 377 g/mol. The number of nitrogens with one attached hydrogen (secondary N) is 3. The van der Waals surface area contributed by atoms with Crippen LogP contribution < -0.4 is 16.4 Å². The minimum absolute atomic E-state index is 0.0453. The third-order valence-corrected chi connectivity index (χ3v) is 5.65. The maximum absolute atomic E-state index is 12.9. The molecule has 0 aliphatic heterocycles. The smallest absolute Gasteiger partial charge is 0.236 e. The van der Waals surface area contributed by atoms with E-state index in [1.54, 1.807) is 19.4 Å². The minimum atomic E-state index is -0.591. The van der Waals surface area contributed by atoms with Crippen molar-refractivity contribution < 1.29 is 9.59 Å². The van der Waals surface area contributed by atoms with Crippen molar-refractivity contribution >= 4 is 11.8 Å². The van der Waals surface area contributed by atoms with Gasteiger partial charge in [0.2, 0.25) is 11.8 Å². The highest BCUT2D eigenvalue weighted by Gasteiger charge is 2.35. The van der Waals surface area contributed by atoms with E-state index in [-0.39, 0.29) is 23.8 Å². The number of hydrogen-bond acceptors (Lipinski definition) is 4. The molecule has 0 spiro atoms. The first-order chi connectivity index (χ1) is 12.8. The third kappa shape index (κ3) is 6.34. The number of carbonyl (C=O) groups is 2. The minimum Gasteiger partial charge on any atom is -0.354 e. The standard InChI is InChI=1S/C20H35N5O2/c1-12(2)17-6-5-13(3)7-18(17)20(27)23-10-16(25-19(26)14(4)21)8-15-9-22-11-24-15/h9,11-14,16-18H,5-8,10,21H2,1-4H3,(H,22,24)(H,23,27)(H,25,26)/t13-,14?,16?,17+,18-/m1/s1. The zero-order chi connectivity index (χ0) is 20.0. The van der Waals surface area contributed by atoms with E-state index < -0.39 is 6.04 Å². The molecule has 0 bridgehead atoms. The quantitative estimate of drug-likeness (QED) is 0.551. The summed E-state index contributed by atoms with van der Waals surface area (Å²) in [5.74, 6) is 1.41. The summed E-state index contributed by atoms with van der Waals surface area (Å²) in [5.41, 5.74) is 6.51. The van der Waals surface area contributed by atoms with Crippen LogP contribution in [0.3, 0.4) is 0 Å². The van der Waals surface area contributed by atoms with Crippen molar-refractivity contribution in [3.63, 3.8) is 0 Å². The van der Waals surface area contributed by atoms with E-state index >= 15 is 0 Å². The van der Waals surface area contributed by atoms with E-state index in [0.29, 0.717) is 30.7 Å². The van der Waals surface area contributed by atoms with Gasteiger partial charge in [0.1, 0.15) is 0 Å². The molecule has 7 heteroatoms. The summed E-state index contributed by atoms with van der Waals surface area (Å²) in [4.78, 5) is 32.1. The van der Waals surface area contributed by atoms with E-state index in [2.05, 4.69) is 41.4 Å². The largest absolute Gasteiger partial charge is 0.354 e. The van der Waals surface area contributed by atoms with Gasteiger partial charge in [-0.25, -0.2) is 4.98 Å². The van der Waals surface area contributed by atoms with Crippen LogP contribution in [-0.4, -0.2) is 40.4 Å². The summed E-state index contributed by atoms with van der Waals surface area (Å²) in [5, 5.41) is 6.01. The first-order valence-corrected chi connectivity index (χ1v) is 10.1. The topological polar surface area (TPSA) is 113 Å². The molecule has 2 rings (SSSR count). The number of nitrogens with two attached hydrogens (primary N) is 1. The van der Waals surface area contributed by atoms with Gasteiger partial charge in [-0.05, 0) is 37.5 Å². The molecule has 0 aromatic carbocycles. The van der Waals surface area contributed by atoms with E-state index in [9.17, 15) is 9.59 Å². The Bertz CT molecular complexity index is 600. The van der Waals surface area contributed by atoms with Gasteiger partial charge in [-0.1, -0.05) is 27.2 Å². The Morgan fingerprint density at radius 1 is 1.33 bits per heavy atom. The molecule has 5 N–H and O–H groups in total. The Morgan fingerprint density at radius 2 is 2.07 bits per heavy atom. The Morgan fingerprint density at radius 3 is 2.67 bits per heavy atom. The van der Waals surface area contributed by atoms with Gasteiger partial charge in [0.05, 0.1) is 24.1 Å². The van der Waals surface area contributed by atoms with Gasteiger partial charge in [0, 0.05) is 25.1 Å². The Kier molecular flexibility index (Phi) is 7.83. The fraction of sp³-hybridized carbons (Fsp3) is 0.750. The van der Waals surface area contributed by atoms with E-state index in [1.165, 1.54) is 6.42 Å². The first kappa shape index (κ1) is 21.4. The lowest BCUT2D eigenvalue weighted by Gasteiger charge is -2.36. The number of amides is 2. The van der Waals surface area contributed by atoms with Gasteiger partial charge in [0.15, 0.2) is 0 Å². The lowest BCUT2D eigenvalue weighted by atomic mass is 9.70. The lowest BCUT2D eigenvalue weighted by Crippen LogP contribution is -2.51. The maximum Gasteiger partial charge on any atom is 0.236 e. The van der Waals surface area contributed by atoms with Gasteiger partial charge in [0.25, 0.3) is 0 Å². The van der Waals surface area contributed by atoms with Crippen molar-refractivity contribution in [1.29, 1.82) is 0 Å². The number of imidazole rings is 1. The maximum atomic E-state index is 12.9. The summed E-state index contributed by atoms with van der Waals surface area (Å²) in [6, 6.07) is -0.832. The van der Waals surface area contributed by atoms with E-state index in [4.69, 9.17) is 5.73 Å². The second-order valence-electron chi connectivity index (χ2n) is 8.44. The summed E-state index contributed by atoms with van der Waals surface area (Å²) in [6.07, 6.45) is 7.18. The van der Waals surface area contributed by atoms with Crippen molar-refractivity contribution in [3.05, 3.63) is 18.2 Å². The molecular weight excluding hydrogens is 342 g/mol. The Labute approximate surface area is 162 Å². The molecule has 1 aromatic rings. The number of hydrogen-bond donors (Lipinski definition) is 4. The van der Waals surface area contributed by atoms with Crippen molar-refractivity contribution in [2.24, 2.45) is 29.4 Å². The number of aromatic nitrogens is 2. The van der Waals surface area contributed by atoms with Crippen LogP contribution in [0.5, 0.6) is 0 Å². The molecule has 2 amide bonds. The predicted molar refractivity (Wildman–Crippen MR) is 106 cm³/mol. The second kappa shape index (κ2) is 9.88. The van der Waals surface area contributed by atoms with E-state index in [1.807, 2.05) is 0 Å². The molecule has 1 fully saturated rings. The fourth-order valence-corrected chi connectivity index (χ4v) is 4.02. The highest BCUT2D eigenvalue weighted by molar-refractivity contribution is 5.82. The summed E-state index contributed by atoms with van der Waals surface area (Å²) >= 11 is 0. The zero-order valence-electron chi connectivity index (χ0n) is 17.0. The first-order valence-electron chi connectivity index (χ1n) is 10.1. The summed E-state index contributed by atoms with van der Waals surface area (Å²) in [6.45, 7) is 8.64. The number of nitrogens with zero attached hydrogens (tertiary/aromatic N) is 1. The zero-order valence-corrected chi connectivity index (χ0v) is 17.0. The average Bonchev–Trinajstić information content (AvgIpc) is 3.11. The van der Waals surface area contributed by atoms with Crippen molar-refractivity contribution in [2.45, 2.75) is 65.5 Å². The molecular formula is C20H35N5O2. The molecule has 1 heterocycles. The Hall–Kier alpha value is -1.89. The molecule has 152 valence electrons. The summed E-state index contributed by atoms with van der Waals surface area (Å²) in [7, 11) is 0. The molecule has 1 aliphatic rings. The van der Waals surface area contributed by atoms with Crippen LogP contribution in [-0.2, 0) is 16.0 Å². The molecule has 0 radical (unpaired) electrons. The highest BCUT2D eigenvalue weighted by Crippen LogP contribution is 2.38. The molecule has 1 aromatic heterocycles. The van der Waals surface area contributed by atoms with Crippen molar-refractivity contribution in [3.8, 4) is 0 Å². The van der Waals surface area contributed by atoms with Crippen LogP contribution in [0.25, 0.3) is 0 Å². The lowest BCUT2D eigenvalue weighted by molar-refractivity contribution is -0.130.